The van der Waals surface area contributed by atoms with Crippen LogP contribution in [0.2, 0.25) is 0 Å². The summed E-state index contributed by atoms with van der Waals surface area (Å²) in [6.45, 7) is 10.6. The van der Waals surface area contributed by atoms with E-state index in [9.17, 15) is 14.9 Å². The van der Waals surface area contributed by atoms with Crippen LogP contribution in [-0.2, 0) is 14.3 Å². The van der Waals surface area contributed by atoms with Gasteiger partial charge in [-0.1, -0.05) is 13.8 Å². The van der Waals surface area contributed by atoms with Crippen molar-refractivity contribution in [3.63, 3.8) is 0 Å². The van der Waals surface area contributed by atoms with Crippen molar-refractivity contribution in [2.45, 2.75) is 65.9 Å². The van der Waals surface area contributed by atoms with Gasteiger partial charge < -0.3 is 20.1 Å². The molecule has 1 fully saturated rings. The number of carbonyl (C=O) groups is 2. The van der Waals surface area contributed by atoms with Crippen molar-refractivity contribution < 1.29 is 19.1 Å². The molecule has 1 aliphatic carbocycles. The van der Waals surface area contributed by atoms with Gasteiger partial charge in [-0.25, -0.2) is 4.79 Å². The molecule has 0 atom stereocenters. The van der Waals surface area contributed by atoms with E-state index in [4.69, 9.17) is 15.2 Å². The Kier molecular flexibility index (Phi) is 4.73. The summed E-state index contributed by atoms with van der Waals surface area (Å²) in [5, 5.41) is 10.1. The first-order valence-electron chi connectivity index (χ1n) is 9.71. The lowest BCUT2D eigenvalue weighted by Crippen LogP contribution is -2.49. The number of nitriles is 1. The number of hydrogen-bond donors (Lipinski definition) is 1. The Morgan fingerprint density at radius 1 is 1.25 bits per heavy atom. The first kappa shape index (κ1) is 20.2. The Morgan fingerprint density at radius 3 is 2.36 bits per heavy atom. The van der Waals surface area contributed by atoms with E-state index in [1.807, 2.05) is 20.8 Å². The first-order chi connectivity index (χ1) is 12.9. The summed E-state index contributed by atoms with van der Waals surface area (Å²) in [5.74, 6) is 0.384. The molecule has 2 amide bonds. The van der Waals surface area contributed by atoms with Crippen LogP contribution < -0.4 is 5.73 Å². The number of hydrogen-bond acceptors (Lipinski definition) is 5. The molecule has 1 spiro atoms. The van der Waals surface area contributed by atoms with Crippen molar-refractivity contribution in [2.24, 2.45) is 16.6 Å². The highest BCUT2D eigenvalue weighted by molar-refractivity contribution is 5.96. The number of nitrogens with two attached hydrogens (primary N) is 1. The summed E-state index contributed by atoms with van der Waals surface area (Å²) in [4.78, 5) is 26.1. The van der Waals surface area contributed by atoms with Crippen LogP contribution in [0.5, 0.6) is 0 Å². The molecule has 2 heterocycles. The largest absolute Gasteiger partial charge is 0.459 e. The molecule has 0 bridgehead atoms. The molecule has 152 valence electrons. The maximum atomic E-state index is 12.9. The molecule has 7 nitrogen and oxygen atoms in total. The van der Waals surface area contributed by atoms with E-state index in [-0.39, 0.29) is 17.1 Å². The number of amides is 2. The third-order valence-electron chi connectivity index (χ3n) is 5.72. The molecular weight excluding hydrogens is 358 g/mol. The molecule has 0 aromatic heterocycles. The maximum Gasteiger partial charge on any atom is 0.314 e. The Balaban J connectivity index is 2.13. The molecule has 0 radical (unpaired) electrons. The van der Waals surface area contributed by atoms with Gasteiger partial charge >= 0.3 is 12.0 Å². The number of nitrogens with zero attached hydrogens (tertiary/aromatic N) is 2. The Bertz CT molecular complexity index is 816. The zero-order valence-corrected chi connectivity index (χ0v) is 17.3. The minimum absolute atomic E-state index is 0.0602. The summed E-state index contributed by atoms with van der Waals surface area (Å²) in [7, 11) is 0. The quantitative estimate of drug-likeness (QED) is 0.742. The van der Waals surface area contributed by atoms with Crippen molar-refractivity contribution in [1.82, 2.24) is 4.90 Å². The molecule has 2 aliphatic heterocycles. The van der Waals surface area contributed by atoms with Crippen LogP contribution in [0, 0.1) is 22.2 Å². The molecule has 3 rings (SSSR count). The number of Topliss-reactive ketones (excluding diaryl/α,β-unsaturated/α-hetero) is 1. The molecule has 3 aliphatic rings. The number of piperidine rings is 1. The van der Waals surface area contributed by atoms with Crippen molar-refractivity contribution in [3.8, 4) is 6.07 Å². The van der Waals surface area contributed by atoms with Crippen molar-refractivity contribution in [3.05, 3.63) is 22.9 Å². The van der Waals surface area contributed by atoms with Gasteiger partial charge in [0.1, 0.15) is 17.2 Å². The smallest absolute Gasteiger partial charge is 0.314 e. The van der Waals surface area contributed by atoms with Gasteiger partial charge in [0.15, 0.2) is 11.5 Å². The highest BCUT2D eigenvalue weighted by Gasteiger charge is 2.53. The summed E-state index contributed by atoms with van der Waals surface area (Å²) in [5.41, 5.74) is 5.28. The van der Waals surface area contributed by atoms with Crippen LogP contribution in [0.15, 0.2) is 22.9 Å². The third-order valence-corrected chi connectivity index (χ3v) is 5.72. The summed E-state index contributed by atoms with van der Waals surface area (Å²) < 4.78 is 11.9. The summed E-state index contributed by atoms with van der Waals surface area (Å²) in [6, 6.07) is 1.84. The number of urea groups is 1. The first-order valence-corrected chi connectivity index (χ1v) is 9.71. The Labute approximate surface area is 166 Å². The normalized spacial score (nSPS) is 23.9. The van der Waals surface area contributed by atoms with E-state index in [2.05, 4.69) is 19.9 Å². The van der Waals surface area contributed by atoms with Gasteiger partial charge in [-0.15, -0.1) is 0 Å². The molecule has 1 saturated heterocycles. The number of likely N-dealkylation sites (tertiary alicyclic amines) is 1. The fourth-order valence-corrected chi connectivity index (χ4v) is 4.46. The highest BCUT2D eigenvalue weighted by atomic mass is 16.7. The molecule has 2 N–H and O–H groups in total. The zero-order valence-electron chi connectivity index (χ0n) is 17.3. The minimum atomic E-state index is -0.664. The van der Waals surface area contributed by atoms with Gasteiger partial charge in [-0.2, -0.15) is 5.26 Å². The highest BCUT2D eigenvalue weighted by Crippen LogP contribution is 2.56. The lowest BCUT2D eigenvalue weighted by molar-refractivity contribution is -0.125. The second kappa shape index (κ2) is 6.54. The Morgan fingerprint density at radius 2 is 1.86 bits per heavy atom. The second-order valence-corrected chi connectivity index (χ2v) is 9.75. The van der Waals surface area contributed by atoms with E-state index < -0.39 is 17.0 Å². The SMILES string of the molecule is CC1(C)CC(=O)C2=C(C1)C1(CCN(C(N)=O)CC1)C(C#N)=C(OC(C)(C)C)O2. The standard InChI is InChI=1S/C21H29N3O4/c1-19(2,3)28-17-14(12-22)21(6-8-24(9-7-21)18(23)26)13-10-20(4,5)11-15(25)16(13)27-17/h6-11H2,1-5H3,(H2,23,26). The fourth-order valence-electron chi connectivity index (χ4n) is 4.46. The predicted molar refractivity (Wildman–Crippen MR) is 102 cm³/mol. The van der Waals surface area contributed by atoms with Crippen LogP contribution >= 0.6 is 0 Å². The van der Waals surface area contributed by atoms with Crippen LogP contribution in [0.3, 0.4) is 0 Å². The van der Waals surface area contributed by atoms with Gasteiger partial charge in [0, 0.05) is 24.9 Å². The van der Waals surface area contributed by atoms with Crippen molar-refractivity contribution in [1.29, 1.82) is 5.26 Å². The van der Waals surface area contributed by atoms with Crippen LogP contribution in [-0.4, -0.2) is 35.4 Å². The minimum Gasteiger partial charge on any atom is -0.459 e. The zero-order chi connectivity index (χ0) is 20.9. The lowest BCUT2D eigenvalue weighted by Gasteiger charge is -2.48. The van der Waals surface area contributed by atoms with Crippen LogP contribution in [0.25, 0.3) is 0 Å². The van der Waals surface area contributed by atoms with E-state index in [1.165, 1.54) is 0 Å². The maximum absolute atomic E-state index is 12.9. The topological polar surface area (TPSA) is 106 Å². The predicted octanol–water partition coefficient (Wildman–Crippen LogP) is 3.37. The van der Waals surface area contributed by atoms with Crippen molar-refractivity contribution in [2.75, 3.05) is 13.1 Å². The number of ketones is 1. The van der Waals surface area contributed by atoms with E-state index in [0.717, 1.165) is 5.57 Å². The molecule has 0 saturated carbocycles. The molecule has 7 heteroatoms. The third kappa shape index (κ3) is 3.48. The van der Waals surface area contributed by atoms with Gasteiger partial charge in [-0.3, -0.25) is 4.79 Å². The Hall–Kier alpha value is -2.49. The average molecular weight is 387 g/mol. The number of carbonyl (C=O) groups excluding carboxylic acids is 2. The van der Waals surface area contributed by atoms with Gasteiger partial charge in [0.05, 0.1) is 0 Å². The van der Waals surface area contributed by atoms with E-state index >= 15 is 0 Å². The van der Waals surface area contributed by atoms with Gasteiger partial charge in [-0.05, 0) is 51.0 Å². The number of primary amides is 1. The molecule has 0 aromatic carbocycles. The average Bonchev–Trinajstić information content (AvgIpc) is 2.55. The second-order valence-electron chi connectivity index (χ2n) is 9.75. The van der Waals surface area contributed by atoms with Crippen LogP contribution in [0.4, 0.5) is 4.79 Å². The fraction of sp³-hybridized carbons (Fsp3) is 0.667. The molecular formula is C21H29N3O4. The van der Waals surface area contributed by atoms with Gasteiger partial charge in [0.25, 0.3) is 0 Å². The number of allylic oxidation sites excluding steroid dienone is 3. The monoisotopic (exact) mass is 387 g/mol. The summed E-state index contributed by atoms with van der Waals surface area (Å²) in [6.07, 6.45) is 2.08. The number of rotatable bonds is 1. The molecule has 28 heavy (non-hydrogen) atoms. The van der Waals surface area contributed by atoms with Gasteiger partial charge in [0.2, 0.25) is 0 Å². The van der Waals surface area contributed by atoms with E-state index in [0.29, 0.717) is 50.1 Å². The summed E-state index contributed by atoms with van der Waals surface area (Å²) >= 11 is 0. The van der Waals surface area contributed by atoms with Crippen molar-refractivity contribution >= 4 is 11.8 Å². The molecule has 0 aromatic rings. The lowest BCUT2D eigenvalue weighted by atomic mass is 9.60. The van der Waals surface area contributed by atoms with E-state index in [1.54, 1.807) is 4.90 Å². The number of ether oxygens (including phenoxy) is 2. The molecule has 0 unspecified atom stereocenters. The van der Waals surface area contributed by atoms with Crippen LogP contribution in [0.1, 0.15) is 60.3 Å². The number of fused-ring (bicyclic) bond motifs is 1.